The van der Waals surface area contributed by atoms with E-state index in [1.54, 1.807) is 6.07 Å². The monoisotopic (exact) mass is 331 g/mol. The lowest BCUT2D eigenvalue weighted by molar-refractivity contribution is 0.242. The molecule has 1 fully saturated rings. The number of hydrogen-bond acceptors (Lipinski definition) is 5. The van der Waals surface area contributed by atoms with Gasteiger partial charge in [-0.1, -0.05) is 6.92 Å². The van der Waals surface area contributed by atoms with Crippen molar-refractivity contribution in [3.63, 3.8) is 0 Å². The maximum Gasteiger partial charge on any atom is 0.250 e. The quantitative estimate of drug-likeness (QED) is 0.830. The van der Waals surface area contributed by atoms with Crippen LogP contribution in [0.15, 0.2) is 10.3 Å². The number of aryl methyl sites for hydroxylation is 1. The second-order valence-electron chi connectivity index (χ2n) is 5.67. The van der Waals surface area contributed by atoms with Crippen LogP contribution in [-0.4, -0.2) is 46.0 Å². The molecule has 1 aliphatic rings. The maximum absolute atomic E-state index is 12.5. The Labute approximate surface area is 131 Å². The molecule has 2 rings (SSSR count). The lowest BCUT2D eigenvalue weighted by Crippen LogP contribution is -2.46. The second-order valence-corrected chi connectivity index (χ2v) is 8.75. The minimum Gasteiger partial charge on any atom is -0.312 e. The number of hydrogen-bond donors (Lipinski definition) is 2. The van der Waals surface area contributed by atoms with Gasteiger partial charge in [-0.15, -0.1) is 11.3 Å². The highest BCUT2D eigenvalue weighted by atomic mass is 32.2. The van der Waals surface area contributed by atoms with Crippen LogP contribution in [0.1, 0.15) is 30.2 Å². The Kier molecular flexibility index (Phi) is 5.79. The summed E-state index contributed by atoms with van der Waals surface area (Å²) in [5.74, 6) is 0. The highest BCUT2D eigenvalue weighted by Crippen LogP contribution is 2.26. The molecule has 2 heterocycles. The number of nitrogens with one attached hydrogen (secondary N) is 2. The molecule has 21 heavy (non-hydrogen) atoms. The molecule has 0 radical (unpaired) electrons. The van der Waals surface area contributed by atoms with Crippen molar-refractivity contribution in [1.29, 1.82) is 0 Å². The van der Waals surface area contributed by atoms with Gasteiger partial charge in [-0.05, 0) is 51.5 Å². The van der Waals surface area contributed by atoms with Gasteiger partial charge in [-0.2, -0.15) is 0 Å². The molecule has 2 N–H and O–H groups in total. The minimum absolute atomic E-state index is 0.0216. The zero-order valence-electron chi connectivity index (χ0n) is 13.0. The number of nitrogens with zero attached hydrogens (tertiary/aromatic N) is 1. The van der Waals surface area contributed by atoms with E-state index in [1.807, 2.05) is 20.9 Å². The first kappa shape index (κ1) is 16.9. The SMILES string of the molecule is CCNCc1sc(S(=O)(=O)NC2CCCN(C)C2)cc1C. The van der Waals surface area contributed by atoms with Gasteiger partial charge in [0.1, 0.15) is 4.21 Å². The fraction of sp³-hybridized carbons (Fsp3) is 0.714. The second kappa shape index (κ2) is 7.19. The fourth-order valence-corrected chi connectivity index (χ4v) is 5.41. The Balaban J connectivity index is 2.08. The summed E-state index contributed by atoms with van der Waals surface area (Å²) >= 11 is 1.37. The van der Waals surface area contributed by atoms with Crippen molar-refractivity contribution in [2.45, 2.75) is 43.5 Å². The summed E-state index contributed by atoms with van der Waals surface area (Å²) < 4.78 is 28.3. The third-order valence-electron chi connectivity index (χ3n) is 3.74. The van der Waals surface area contributed by atoms with E-state index in [2.05, 4.69) is 14.9 Å². The lowest BCUT2D eigenvalue weighted by Gasteiger charge is -2.29. The Hall–Kier alpha value is -0.470. The number of likely N-dealkylation sites (N-methyl/N-ethyl adjacent to an activating group) is 1. The zero-order chi connectivity index (χ0) is 15.5. The van der Waals surface area contributed by atoms with Crippen molar-refractivity contribution < 1.29 is 8.42 Å². The van der Waals surface area contributed by atoms with E-state index in [-0.39, 0.29) is 6.04 Å². The van der Waals surface area contributed by atoms with Crippen LogP contribution in [0.2, 0.25) is 0 Å². The number of piperidine rings is 1. The number of thiophene rings is 1. The number of sulfonamides is 1. The molecule has 0 amide bonds. The Morgan fingerprint density at radius 2 is 2.24 bits per heavy atom. The predicted octanol–water partition coefficient (Wildman–Crippen LogP) is 1.54. The standard InChI is InChI=1S/C14H25N3O2S2/c1-4-15-9-13-11(2)8-14(20-13)21(18,19)16-12-6-5-7-17(3)10-12/h8,12,15-16H,4-7,9-10H2,1-3H3. The van der Waals surface area contributed by atoms with E-state index in [0.29, 0.717) is 4.21 Å². The predicted molar refractivity (Wildman–Crippen MR) is 87.3 cm³/mol. The summed E-state index contributed by atoms with van der Waals surface area (Å²) in [4.78, 5) is 3.27. The van der Waals surface area contributed by atoms with Crippen LogP contribution in [0, 0.1) is 6.92 Å². The van der Waals surface area contributed by atoms with Crippen LogP contribution in [0.25, 0.3) is 0 Å². The Morgan fingerprint density at radius 1 is 1.48 bits per heavy atom. The Bertz CT molecular complexity index is 569. The van der Waals surface area contributed by atoms with Crippen LogP contribution in [0.5, 0.6) is 0 Å². The van der Waals surface area contributed by atoms with Crippen LogP contribution in [0.3, 0.4) is 0 Å². The van der Waals surface area contributed by atoms with E-state index < -0.39 is 10.0 Å². The molecule has 7 heteroatoms. The normalized spacial score (nSPS) is 20.8. The third-order valence-corrected chi connectivity index (χ3v) is 6.98. The molecule has 120 valence electrons. The Morgan fingerprint density at radius 3 is 2.90 bits per heavy atom. The first-order chi connectivity index (χ1) is 9.92. The molecule has 1 unspecified atom stereocenters. The molecule has 5 nitrogen and oxygen atoms in total. The first-order valence-corrected chi connectivity index (χ1v) is 9.73. The number of rotatable bonds is 6. The average Bonchev–Trinajstić information content (AvgIpc) is 2.78. The molecular formula is C14H25N3O2S2. The highest BCUT2D eigenvalue weighted by molar-refractivity contribution is 7.91. The van der Waals surface area contributed by atoms with E-state index in [9.17, 15) is 8.42 Å². The van der Waals surface area contributed by atoms with E-state index in [4.69, 9.17) is 0 Å². The van der Waals surface area contributed by atoms with Gasteiger partial charge >= 0.3 is 0 Å². The van der Waals surface area contributed by atoms with Gasteiger partial charge < -0.3 is 10.2 Å². The molecule has 0 aromatic carbocycles. The minimum atomic E-state index is -3.40. The molecule has 1 aromatic heterocycles. The zero-order valence-corrected chi connectivity index (χ0v) is 14.6. The van der Waals surface area contributed by atoms with Gasteiger partial charge in [0.05, 0.1) is 0 Å². The molecule has 0 spiro atoms. The van der Waals surface area contributed by atoms with Gasteiger partial charge in [0.2, 0.25) is 10.0 Å². The van der Waals surface area contributed by atoms with Gasteiger partial charge in [0.25, 0.3) is 0 Å². The largest absolute Gasteiger partial charge is 0.312 e. The molecule has 1 saturated heterocycles. The maximum atomic E-state index is 12.5. The van der Waals surface area contributed by atoms with Crippen molar-refractivity contribution in [3.05, 3.63) is 16.5 Å². The van der Waals surface area contributed by atoms with E-state index in [0.717, 1.165) is 49.5 Å². The first-order valence-electron chi connectivity index (χ1n) is 7.43. The topological polar surface area (TPSA) is 61.4 Å². The van der Waals surface area contributed by atoms with Crippen molar-refractivity contribution >= 4 is 21.4 Å². The van der Waals surface area contributed by atoms with E-state index >= 15 is 0 Å². The highest BCUT2D eigenvalue weighted by Gasteiger charge is 2.25. The van der Waals surface area contributed by atoms with Crippen molar-refractivity contribution in [1.82, 2.24) is 14.9 Å². The van der Waals surface area contributed by atoms with Gasteiger partial charge in [0.15, 0.2) is 0 Å². The summed E-state index contributed by atoms with van der Waals surface area (Å²) in [5.41, 5.74) is 1.04. The third kappa shape index (κ3) is 4.50. The van der Waals surface area contributed by atoms with Crippen LogP contribution in [-0.2, 0) is 16.6 Å². The molecule has 1 atom stereocenters. The van der Waals surface area contributed by atoms with Crippen LogP contribution >= 0.6 is 11.3 Å². The van der Waals surface area contributed by atoms with Crippen LogP contribution in [0.4, 0.5) is 0 Å². The van der Waals surface area contributed by atoms with Gasteiger partial charge in [0, 0.05) is 24.0 Å². The summed E-state index contributed by atoms with van der Waals surface area (Å²) in [5, 5.41) is 3.25. The molecule has 1 aromatic rings. The molecule has 1 aliphatic heterocycles. The summed E-state index contributed by atoms with van der Waals surface area (Å²) in [6.45, 7) is 7.45. The van der Waals surface area contributed by atoms with Crippen LogP contribution < -0.4 is 10.0 Å². The lowest BCUT2D eigenvalue weighted by atomic mass is 10.1. The fourth-order valence-electron chi connectivity index (χ4n) is 2.58. The van der Waals surface area contributed by atoms with Crippen molar-refractivity contribution in [3.8, 4) is 0 Å². The van der Waals surface area contributed by atoms with Crippen molar-refractivity contribution in [2.24, 2.45) is 0 Å². The summed E-state index contributed by atoms with van der Waals surface area (Å²) in [6, 6.07) is 1.81. The molecule has 0 saturated carbocycles. The van der Waals surface area contributed by atoms with Gasteiger partial charge in [-0.3, -0.25) is 0 Å². The van der Waals surface area contributed by atoms with Gasteiger partial charge in [-0.25, -0.2) is 13.1 Å². The molecule has 0 bridgehead atoms. The number of likely N-dealkylation sites (tertiary alicyclic amines) is 1. The molecule has 0 aliphatic carbocycles. The smallest absolute Gasteiger partial charge is 0.250 e. The van der Waals surface area contributed by atoms with Crippen molar-refractivity contribution in [2.75, 3.05) is 26.7 Å². The summed E-state index contributed by atoms with van der Waals surface area (Å²) in [7, 11) is -1.36. The summed E-state index contributed by atoms with van der Waals surface area (Å²) in [6.07, 6.45) is 1.96. The van der Waals surface area contributed by atoms with E-state index in [1.165, 1.54) is 11.3 Å². The average molecular weight is 332 g/mol. The molecular weight excluding hydrogens is 306 g/mol.